The first-order valence-corrected chi connectivity index (χ1v) is 6.50. The molecular weight excluding hydrogens is 262 g/mol. The number of aromatic nitrogens is 1. The predicted molar refractivity (Wildman–Crippen MR) is 76.3 cm³/mol. The molecule has 0 atom stereocenters. The molecule has 0 fully saturated rings. The highest BCUT2D eigenvalue weighted by Crippen LogP contribution is 2.28. The van der Waals surface area contributed by atoms with Gasteiger partial charge in [-0.15, -0.1) is 11.3 Å². The number of nitrogens with zero attached hydrogens (tertiary/aromatic N) is 2. The molecule has 0 saturated carbocycles. The van der Waals surface area contributed by atoms with Crippen molar-refractivity contribution in [3.63, 3.8) is 0 Å². The number of carbonyl (C=O) groups is 2. The summed E-state index contributed by atoms with van der Waals surface area (Å²) in [5, 5.41) is 5.16. The molecule has 0 spiro atoms. The second kappa shape index (κ2) is 5.62. The maximum atomic E-state index is 11.0. The number of thiazole rings is 1. The lowest BCUT2D eigenvalue weighted by Gasteiger charge is -2.16. The van der Waals surface area contributed by atoms with Gasteiger partial charge in [0.1, 0.15) is 5.69 Å². The van der Waals surface area contributed by atoms with Crippen LogP contribution in [0.2, 0.25) is 0 Å². The van der Waals surface area contributed by atoms with E-state index in [0.717, 1.165) is 22.8 Å². The van der Waals surface area contributed by atoms with E-state index in [1.165, 1.54) is 18.3 Å². The fourth-order valence-electron chi connectivity index (χ4n) is 1.59. The van der Waals surface area contributed by atoms with Crippen molar-refractivity contribution < 1.29 is 9.59 Å². The van der Waals surface area contributed by atoms with E-state index in [9.17, 15) is 9.59 Å². The van der Waals surface area contributed by atoms with Crippen LogP contribution in [-0.4, -0.2) is 24.2 Å². The molecule has 0 unspecified atom stereocenters. The van der Waals surface area contributed by atoms with Gasteiger partial charge in [0.2, 0.25) is 5.91 Å². The van der Waals surface area contributed by atoms with E-state index < -0.39 is 0 Å². The Bertz CT molecular complexity index is 609. The Balaban J connectivity index is 2.25. The Morgan fingerprint density at radius 3 is 2.89 bits per heavy atom. The van der Waals surface area contributed by atoms with Crippen LogP contribution in [0.4, 0.5) is 16.5 Å². The Morgan fingerprint density at radius 2 is 2.26 bits per heavy atom. The molecule has 0 aliphatic carbocycles. The lowest BCUT2D eigenvalue weighted by Crippen LogP contribution is -2.11. The van der Waals surface area contributed by atoms with Gasteiger partial charge in [0.25, 0.3) is 0 Å². The highest BCUT2D eigenvalue weighted by molar-refractivity contribution is 7.14. The standard InChI is InChI=1S/C13H13N3O2S/c1-9(18)14-10-4-3-5-12(6-10)16(2)13-15-11(7-17)8-19-13/h3-8H,1-2H3,(H,14,18). The minimum Gasteiger partial charge on any atom is -0.326 e. The second-order valence-electron chi connectivity index (χ2n) is 3.96. The summed E-state index contributed by atoms with van der Waals surface area (Å²) in [4.78, 5) is 27.7. The second-order valence-corrected chi connectivity index (χ2v) is 4.80. The zero-order valence-corrected chi connectivity index (χ0v) is 11.4. The molecule has 2 aromatic rings. The molecule has 98 valence electrons. The fourth-order valence-corrected chi connectivity index (χ4v) is 2.35. The zero-order valence-electron chi connectivity index (χ0n) is 10.6. The van der Waals surface area contributed by atoms with Crippen molar-refractivity contribution in [1.29, 1.82) is 0 Å². The van der Waals surface area contributed by atoms with Crippen LogP contribution >= 0.6 is 11.3 Å². The number of aldehydes is 1. The monoisotopic (exact) mass is 275 g/mol. The summed E-state index contributed by atoms with van der Waals surface area (Å²) in [6.45, 7) is 1.47. The molecule has 5 nitrogen and oxygen atoms in total. The SMILES string of the molecule is CC(=O)Nc1cccc(N(C)c2nc(C=O)cs2)c1. The van der Waals surface area contributed by atoms with E-state index in [-0.39, 0.29) is 5.91 Å². The first-order chi connectivity index (χ1) is 9.10. The Hall–Kier alpha value is -2.21. The van der Waals surface area contributed by atoms with Gasteiger partial charge >= 0.3 is 0 Å². The van der Waals surface area contributed by atoms with Gasteiger partial charge in [-0.05, 0) is 18.2 Å². The number of anilines is 3. The summed E-state index contributed by atoms with van der Waals surface area (Å²) in [6, 6.07) is 7.43. The van der Waals surface area contributed by atoms with E-state index in [4.69, 9.17) is 0 Å². The van der Waals surface area contributed by atoms with Gasteiger partial charge in [-0.25, -0.2) is 4.98 Å². The van der Waals surface area contributed by atoms with Crippen LogP contribution < -0.4 is 10.2 Å². The summed E-state index contributed by atoms with van der Waals surface area (Å²) >= 11 is 1.39. The summed E-state index contributed by atoms with van der Waals surface area (Å²) in [7, 11) is 1.86. The molecule has 19 heavy (non-hydrogen) atoms. The summed E-state index contributed by atoms with van der Waals surface area (Å²) in [6.07, 6.45) is 0.724. The van der Waals surface area contributed by atoms with Gasteiger partial charge in [-0.2, -0.15) is 0 Å². The maximum absolute atomic E-state index is 11.0. The first-order valence-electron chi connectivity index (χ1n) is 5.62. The third kappa shape index (κ3) is 3.17. The number of carbonyl (C=O) groups excluding carboxylic acids is 2. The van der Waals surface area contributed by atoms with Crippen LogP contribution in [0.5, 0.6) is 0 Å². The molecule has 0 saturated heterocycles. The van der Waals surface area contributed by atoms with Crippen LogP contribution in [-0.2, 0) is 4.79 Å². The van der Waals surface area contributed by atoms with E-state index in [1.807, 2.05) is 36.2 Å². The molecule has 1 heterocycles. The molecule has 6 heteroatoms. The molecule has 1 aromatic carbocycles. The minimum atomic E-state index is -0.114. The maximum Gasteiger partial charge on any atom is 0.221 e. The van der Waals surface area contributed by atoms with E-state index in [2.05, 4.69) is 10.3 Å². The molecular formula is C13H13N3O2S. The Labute approximate surface area is 114 Å². The van der Waals surface area contributed by atoms with Gasteiger partial charge in [-0.3, -0.25) is 9.59 Å². The largest absolute Gasteiger partial charge is 0.326 e. The van der Waals surface area contributed by atoms with Crippen LogP contribution in [0.1, 0.15) is 17.4 Å². The average Bonchev–Trinajstić information content (AvgIpc) is 2.86. The van der Waals surface area contributed by atoms with Gasteiger partial charge < -0.3 is 10.2 Å². The molecule has 0 aliphatic rings. The zero-order chi connectivity index (χ0) is 13.8. The van der Waals surface area contributed by atoms with Crippen molar-refractivity contribution in [3.8, 4) is 0 Å². The molecule has 0 bridgehead atoms. The Kier molecular flexibility index (Phi) is 3.91. The quantitative estimate of drug-likeness (QED) is 0.871. The predicted octanol–water partition coefficient (Wildman–Crippen LogP) is 2.68. The number of amides is 1. The van der Waals surface area contributed by atoms with Gasteiger partial charge in [0.05, 0.1) is 0 Å². The van der Waals surface area contributed by atoms with Gasteiger partial charge in [-0.1, -0.05) is 6.07 Å². The normalized spacial score (nSPS) is 10.0. The van der Waals surface area contributed by atoms with E-state index in [0.29, 0.717) is 5.69 Å². The van der Waals surface area contributed by atoms with Crippen molar-refractivity contribution in [2.45, 2.75) is 6.92 Å². The summed E-state index contributed by atoms with van der Waals surface area (Å²) in [5.74, 6) is -0.114. The smallest absolute Gasteiger partial charge is 0.221 e. The summed E-state index contributed by atoms with van der Waals surface area (Å²) in [5.41, 5.74) is 2.03. The van der Waals surface area contributed by atoms with Crippen LogP contribution in [0.15, 0.2) is 29.6 Å². The number of rotatable bonds is 4. The third-order valence-electron chi connectivity index (χ3n) is 2.47. The molecule has 1 amide bonds. The van der Waals surface area contributed by atoms with Crippen molar-refractivity contribution in [3.05, 3.63) is 35.3 Å². The molecule has 0 radical (unpaired) electrons. The lowest BCUT2D eigenvalue weighted by atomic mass is 10.2. The van der Waals surface area contributed by atoms with Crippen molar-refractivity contribution in [2.24, 2.45) is 0 Å². The highest BCUT2D eigenvalue weighted by atomic mass is 32.1. The Morgan fingerprint density at radius 1 is 1.47 bits per heavy atom. The number of benzene rings is 1. The molecule has 2 rings (SSSR count). The number of nitrogens with one attached hydrogen (secondary N) is 1. The highest BCUT2D eigenvalue weighted by Gasteiger charge is 2.09. The minimum absolute atomic E-state index is 0.114. The lowest BCUT2D eigenvalue weighted by molar-refractivity contribution is -0.114. The molecule has 1 aromatic heterocycles. The van der Waals surface area contributed by atoms with Crippen molar-refractivity contribution in [2.75, 3.05) is 17.3 Å². The topological polar surface area (TPSA) is 62.3 Å². The summed E-state index contributed by atoms with van der Waals surface area (Å²) < 4.78 is 0. The van der Waals surface area contributed by atoms with Crippen LogP contribution in [0, 0.1) is 0 Å². The third-order valence-corrected chi connectivity index (χ3v) is 3.41. The number of hydrogen-bond acceptors (Lipinski definition) is 5. The fraction of sp³-hybridized carbons (Fsp3) is 0.154. The van der Waals surface area contributed by atoms with E-state index >= 15 is 0 Å². The van der Waals surface area contributed by atoms with Crippen LogP contribution in [0.3, 0.4) is 0 Å². The first kappa shape index (κ1) is 13.2. The molecule has 0 aliphatic heterocycles. The van der Waals surface area contributed by atoms with Gasteiger partial charge in [0, 0.05) is 30.7 Å². The van der Waals surface area contributed by atoms with E-state index in [1.54, 1.807) is 5.38 Å². The van der Waals surface area contributed by atoms with Crippen LogP contribution in [0.25, 0.3) is 0 Å². The van der Waals surface area contributed by atoms with Crippen molar-refractivity contribution in [1.82, 2.24) is 4.98 Å². The molecule has 1 N–H and O–H groups in total. The van der Waals surface area contributed by atoms with Crippen molar-refractivity contribution >= 4 is 40.0 Å². The van der Waals surface area contributed by atoms with Gasteiger partial charge in [0.15, 0.2) is 11.4 Å². The number of hydrogen-bond donors (Lipinski definition) is 1. The average molecular weight is 275 g/mol.